The molecular formula is C26H33ClN4O4S. The van der Waals surface area contributed by atoms with Crippen molar-refractivity contribution < 1.29 is 19.1 Å². The Bertz CT molecular complexity index is 1110. The minimum atomic E-state index is -0.635. The number of hydrogen-bond donors (Lipinski definition) is 2. The molecule has 0 radical (unpaired) electrons. The van der Waals surface area contributed by atoms with Crippen LogP contribution in [-0.2, 0) is 14.3 Å². The average Bonchev–Trinajstić information content (AvgIpc) is 3.46. The van der Waals surface area contributed by atoms with E-state index in [4.69, 9.17) is 16.3 Å². The van der Waals surface area contributed by atoms with Crippen LogP contribution in [0, 0.1) is 5.92 Å². The predicted octanol–water partition coefficient (Wildman–Crippen LogP) is 3.89. The highest BCUT2D eigenvalue weighted by Crippen LogP contribution is 2.33. The van der Waals surface area contributed by atoms with Crippen LogP contribution < -0.4 is 10.6 Å². The molecule has 0 bridgehead atoms. The molecule has 0 spiro atoms. The van der Waals surface area contributed by atoms with Crippen LogP contribution in [0.5, 0.6) is 0 Å². The van der Waals surface area contributed by atoms with E-state index >= 15 is 0 Å². The summed E-state index contributed by atoms with van der Waals surface area (Å²) >= 11 is 7.18. The van der Waals surface area contributed by atoms with Crippen LogP contribution in [0.15, 0.2) is 29.6 Å². The van der Waals surface area contributed by atoms with Gasteiger partial charge in [0.05, 0.1) is 18.7 Å². The minimum absolute atomic E-state index is 0.0692. The molecule has 2 heterocycles. The first-order valence-corrected chi connectivity index (χ1v) is 13.5. The third kappa shape index (κ3) is 6.07. The molecule has 2 N–H and O–H groups in total. The number of carbonyl (C=O) groups excluding carboxylic acids is 3. The van der Waals surface area contributed by atoms with E-state index in [-0.39, 0.29) is 35.4 Å². The molecule has 2 amide bonds. The molecule has 10 heteroatoms. The summed E-state index contributed by atoms with van der Waals surface area (Å²) in [5, 5.41) is 9.17. The first-order valence-electron chi connectivity index (χ1n) is 12.2. The van der Waals surface area contributed by atoms with Gasteiger partial charge in [-0.3, -0.25) is 14.4 Å². The van der Waals surface area contributed by atoms with Crippen molar-refractivity contribution >= 4 is 40.7 Å². The molecule has 8 nitrogen and oxygen atoms in total. The molecule has 4 atom stereocenters. The van der Waals surface area contributed by atoms with Crippen LogP contribution in [0.25, 0.3) is 11.3 Å². The molecule has 1 aliphatic heterocycles. The van der Waals surface area contributed by atoms with Gasteiger partial charge in [-0.2, -0.15) is 0 Å². The van der Waals surface area contributed by atoms with Crippen LogP contribution in [0.4, 0.5) is 0 Å². The molecule has 36 heavy (non-hydrogen) atoms. The van der Waals surface area contributed by atoms with Gasteiger partial charge in [0.25, 0.3) is 5.91 Å². The highest BCUT2D eigenvalue weighted by atomic mass is 35.5. The van der Waals surface area contributed by atoms with E-state index in [1.807, 2.05) is 17.5 Å². The molecule has 1 aliphatic carbocycles. The van der Waals surface area contributed by atoms with Gasteiger partial charge < -0.3 is 20.3 Å². The van der Waals surface area contributed by atoms with Crippen molar-refractivity contribution in [1.82, 2.24) is 20.5 Å². The number of ether oxygens (including phenoxy) is 1. The summed E-state index contributed by atoms with van der Waals surface area (Å²) in [5.74, 6) is -1.22. The number of likely N-dealkylation sites (tertiary alicyclic amines) is 1. The van der Waals surface area contributed by atoms with Gasteiger partial charge in [0.1, 0.15) is 6.04 Å². The maximum absolute atomic E-state index is 13.3. The lowest BCUT2D eigenvalue weighted by Gasteiger charge is -2.41. The molecule has 2 aliphatic rings. The second-order valence-electron chi connectivity index (χ2n) is 10.5. The number of aromatic nitrogens is 1. The van der Waals surface area contributed by atoms with Gasteiger partial charge in [-0.15, -0.1) is 11.3 Å². The number of nitrogens with one attached hydrogen (secondary N) is 2. The third-order valence-electron chi connectivity index (χ3n) is 6.74. The van der Waals surface area contributed by atoms with Gasteiger partial charge in [-0.1, -0.05) is 23.7 Å². The predicted molar refractivity (Wildman–Crippen MR) is 140 cm³/mol. The molecule has 194 valence electrons. The van der Waals surface area contributed by atoms with Crippen molar-refractivity contribution in [2.45, 2.75) is 70.1 Å². The van der Waals surface area contributed by atoms with Gasteiger partial charge in [-0.05, 0) is 58.6 Å². The van der Waals surface area contributed by atoms with Crippen molar-refractivity contribution in [1.29, 1.82) is 0 Å². The summed E-state index contributed by atoms with van der Waals surface area (Å²) < 4.78 is 5.10. The highest BCUT2D eigenvalue weighted by Gasteiger charge is 2.45. The molecule has 1 aromatic carbocycles. The van der Waals surface area contributed by atoms with Crippen molar-refractivity contribution in [2.24, 2.45) is 5.92 Å². The number of benzene rings is 1. The highest BCUT2D eigenvalue weighted by molar-refractivity contribution is 7.12. The number of methoxy groups -OCH3 is 1. The molecule has 1 saturated carbocycles. The normalized spacial score (nSPS) is 24.6. The maximum atomic E-state index is 13.3. The number of nitrogens with zero attached hydrogens (tertiary/aromatic N) is 2. The molecular weight excluding hydrogens is 500 g/mol. The molecule has 2 fully saturated rings. The van der Waals surface area contributed by atoms with E-state index in [0.29, 0.717) is 41.5 Å². The Morgan fingerprint density at radius 3 is 2.56 bits per heavy atom. The Morgan fingerprint density at radius 1 is 1.17 bits per heavy atom. The van der Waals surface area contributed by atoms with Crippen molar-refractivity contribution in [3.8, 4) is 11.3 Å². The second kappa shape index (κ2) is 10.9. The van der Waals surface area contributed by atoms with E-state index in [1.165, 1.54) is 18.4 Å². The number of amides is 2. The number of esters is 1. The topological polar surface area (TPSA) is 101 Å². The fourth-order valence-electron chi connectivity index (χ4n) is 5.19. The van der Waals surface area contributed by atoms with Crippen LogP contribution in [-0.4, -0.2) is 65.0 Å². The summed E-state index contributed by atoms with van der Waals surface area (Å²) in [7, 11) is 1.39. The third-order valence-corrected chi connectivity index (χ3v) is 7.83. The van der Waals surface area contributed by atoms with Gasteiger partial charge in [0.15, 0.2) is 5.01 Å². The molecule has 1 aromatic heterocycles. The van der Waals surface area contributed by atoms with Crippen molar-refractivity contribution in [3.05, 3.63) is 39.7 Å². The largest absolute Gasteiger partial charge is 0.469 e. The summed E-state index contributed by atoms with van der Waals surface area (Å²) in [6.07, 6.45) is 2.68. The Balaban J connectivity index is 1.40. The maximum Gasteiger partial charge on any atom is 0.310 e. The quantitative estimate of drug-likeness (QED) is 0.547. The Hall–Kier alpha value is -2.49. The van der Waals surface area contributed by atoms with Gasteiger partial charge in [0.2, 0.25) is 5.91 Å². The first-order chi connectivity index (χ1) is 17.1. The standard InChI is InChI=1S/C26H33ClN4O4S/c1-26(2,3)30-17-9-10-21(18(13-17)25(34)35-4)31-12-11-19(24(31)33)28-22(32)23-29-20(14-36-23)15-5-7-16(27)8-6-15/h5-8,14,17-19,21,30H,9-13H2,1-4H3,(H,28,32)/t17?,18?,19-,21?/m0/s1. The van der Waals surface area contributed by atoms with E-state index in [1.54, 1.807) is 17.0 Å². The van der Waals surface area contributed by atoms with Crippen LogP contribution in [0.3, 0.4) is 0 Å². The fourth-order valence-corrected chi connectivity index (χ4v) is 6.05. The van der Waals surface area contributed by atoms with Crippen LogP contribution in [0.2, 0.25) is 5.02 Å². The monoisotopic (exact) mass is 532 g/mol. The van der Waals surface area contributed by atoms with E-state index < -0.39 is 12.0 Å². The zero-order valence-corrected chi connectivity index (χ0v) is 22.6. The first kappa shape index (κ1) is 26.6. The Labute approximate surface area is 220 Å². The Morgan fingerprint density at radius 2 is 1.89 bits per heavy atom. The summed E-state index contributed by atoms with van der Waals surface area (Å²) in [6, 6.07) is 6.55. The number of carbonyl (C=O) groups is 3. The zero-order valence-electron chi connectivity index (χ0n) is 21.0. The lowest BCUT2D eigenvalue weighted by molar-refractivity contribution is -0.151. The van der Waals surface area contributed by atoms with E-state index in [9.17, 15) is 14.4 Å². The van der Waals surface area contributed by atoms with Gasteiger partial charge in [-0.25, -0.2) is 4.98 Å². The molecule has 2 aromatic rings. The lowest BCUT2D eigenvalue weighted by atomic mass is 9.80. The van der Waals surface area contributed by atoms with Crippen molar-refractivity contribution in [3.63, 3.8) is 0 Å². The average molecular weight is 533 g/mol. The number of halogens is 1. The summed E-state index contributed by atoms with van der Waals surface area (Å²) in [6.45, 7) is 6.80. The fraction of sp³-hybridized carbons (Fsp3) is 0.538. The molecule has 3 unspecified atom stereocenters. The van der Waals surface area contributed by atoms with E-state index in [0.717, 1.165) is 12.0 Å². The molecule has 1 saturated heterocycles. The van der Waals surface area contributed by atoms with Gasteiger partial charge >= 0.3 is 5.97 Å². The minimum Gasteiger partial charge on any atom is -0.469 e. The molecule has 4 rings (SSSR count). The number of thiazole rings is 1. The SMILES string of the molecule is COC(=O)C1CC(NC(C)(C)C)CCC1N1CC[C@H](NC(=O)c2nc(-c3ccc(Cl)cc3)cs2)C1=O. The number of hydrogen-bond acceptors (Lipinski definition) is 7. The van der Waals surface area contributed by atoms with Crippen LogP contribution >= 0.6 is 22.9 Å². The summed E-state index contributed by atoms with van der Waals surface area (Å²) in [4.78, 5) is 45.1. The number of rotatable bonds is 6. The van der Waals surface area contributed by atoms with Gasteiger partial charge in [0, 0.05) is 40.1 Å². The lowest BCUT2D eigenvalue weighted by Crippen LogP contribution is -2.55. The van der Waals surface area contributed by atoms with E-state index in [2.05, 4.69) is 36.4 Å². The Kier molecular flexibility index (Phi) is 8.02. The second-order valence-corrected chi connectivity index (χ2v) is 11.8. The zero-order chi connectivity index (χ0) is 26.0. The summed E-state index contributed by atoms with van der Waals surface area (Å²) in [5.41, 5.74) is 1.48. The smallest absolute Gasteiger partial charge is 0.310 e. The van der Waals surface area contributed by atoms with Crippen LogP contribution in [0.1, 0.15) is 56.3 Å². The van der Waals surface area contributed by atoms with Crippen molar-refractivity contribution in [2.75, 3.05) is 13.7 Å².